The van der Waals surface area contributed by atoms with Crippen LogP contribution in [0.5, 0.6) is 5.95 Å². The molecule has 0 bridgehead atoms. The molecule has 3 nitrogen and oxygen atoms in total. The van der Waals surface area contributed by atoms with Crippen LogP contribution in [0.1, 0.15) is 5.89 Å². The highest BCUT2D eigenvalue weighted by Gasteiger charge is 2.27. The molecular formula is C11H9NO2S. The Kier molecular flexibility index (Phi) is 1.95. The summed E-state index contributed by atoms with van der Waals surface area (Å²) in [6, 6.07) is 9.66. The number of oxazole rings is 1. The van der Waals surface area contributed by atoms with Crippen molar-refractivity contribution in [3.63, 3.8) is 0 Å². The highest BCUT2D eigenvalue weighted by atomic mass is 32.2. The number of hydrogen-bond acceptors (Lipinski definition) is 3. The maximum atomic E-state index is 11.7. The predicted octanol–water partition coefficient (Wildman–Crippen LogP) is 1.51. The van der Waals surface area contributed by atoms with Crippen LogP contribution in [-0.4, -0.2) is 0 Å². The van der Waals surface area contributed by atoms with Crippen LogP contribution in [0.3, 0.4) is 0 Å². The summed E-state index contributed by atoms with van der Waals surface area (Å²) in [5.41, 5.74) is 1.61. The van der Waals surface area contributed by atoms with Gasteiger partial charge in [-0.2, -0.15) is 4.57 Å². The predicted molar refractivity (Wildman–Crippen MR) is 55.1 cm³/mol. The van der Waals surface area contributed by atoms with Gasteiger partial charge in [-0.1, -0.05) is 30.0 Å². The second-order valence-corrected chi connectivity index (χ2v) is 4.36. The molecule has 0 unspecified atom stereocenters. The quantitative estimate of drug-likeness (QED) is 0.683. The van der Waals surface area contributed by atoms with Gasteiger partial charge < -0.3 is 9.52 Å². The van der Waals surface area contributed by atoms with E-state index in [0.29, 0.717) is 5.69 Å². The Balaban J connectivity index is 2.20. The smallest absolute Gasteiger partial charge is 0.248 e. The summed E-state index contributed by atoms with van der Waals surface area (Å²) in [4.78, 5) is 0. The number of nitrogens with zero attached hydrogens (tertiary/aromatic N) is 1. The lowest BCUT2D eigenvalue weighted by molar-refractivity contribution is -0.671. The largest absolute Gasteiger partial charge is 0.540 e. The van der Waals surface area contributed by atoms with Crippen LogP contribution < -0.4 is 9.67 Å². The van der Waals surface area contributed by atoms with Crippen LogP contribution in [-0.2, 0) is 11.6 Å². The minimum atomic E-state index is -0.225. The van der Waals surface area contributed by atoms with Crippen LogP contribution in [0.15, 0.2) is 34.7 Å². The number of fused-ring (bicyclic) bond motifs is 1. The molecule has 0 radical (unpaired) electrons. The van der Waals surface area contributed by atoms with E-state index in [1.165, 1.54) is 0 Å². The fourth-order valence-electron chi connectivity index (χ4n) is 1.78. The van der Waals surface area contributed by atoms with Gasteiger partial charge in [-0.25, -0.2) is 0 Å². The molecule has 0 fully saturated rings. The minimum Gasteiger partial charge on any atom is -0.540 e. The topological polar surface area (TPSA) is 40.1 Å². The summed E-state index contributed by atoms with van der Waals surface area (Å²) < 4.78 is 7.16. The first-order chi connectivity index (χ1) is 7.36. The second kappa shape index (κ2) is 3.31. The standard InChI is InChI=1S/C11H9NO2S/c13-11-10(8-4-2-1-3-5-8)12-7-15-6-9(12)14-11/h1-5H,6-7H2. The highest BCUT2D eigenvalue weighted by Crippen LogP contribution is 2.30. The van der Waals surface area contributed by atoms with Crippen LogP contribution in [0.2, 0.25) is 0 Å². The molecule has 0 N–H and O–H groups in total. The molecule has 1 aromatic heterocycles. The van der Waals surface area contributed by atoms with E-state index in [1.54, 1.807) is 11.8 Å². The van der Waals surface area contributed by atoms with E-state index in [-0.39, 0.29) is 5.95 Å². The molecule has 3 rings (SSSR count). The van der Waals surface area contributed by atoms with Crippen LogP contribution in [0.4, 0.5) is 0 Å². The van der Waals surface area contributed by atoms with Gasteiger partial charge >= 0.3 is 0 Å². The maximum Gasteiger partial charge on any atom is 0.248 e. The minimum absolute atomic E-state index is 0.225. The second-order valence-electron chi connectivity index (χ2n) is 3.40. The number of benzene rings is 1. The summed E-state index contributed by atoms with van der Waals surface area (Å²) in [6.07, 6.45) is 0. The molecule has 0 amide bonds. The van der Waals surface area contributed by atoms with Crippen LogP contribution >= 0.6 is 11.8 Å². The lowest BCUT2D eigenvalue weighted by atomic mass is 10.2. The van der Waals surface area contributed by atoms with Crippen molar-refractivity contribution >= 4 is 11.8 Å². The van der Waals surface area contributed by atoms with E-state index in [2.05, 4.69) is 0 Å². The zero-order valence-corrected chi connectivity index (χ0v) is 8.79. The molecule has 0 saturated heterocycles. The molecule has 1 aliphatic heterocycles. The summed E-state index contributed by atoms with van der Waals surface area (Å²) in [7, 11) is 0. The lowest BCUT2D eigenvalue weighted by Crippen LogP contribution is -2.32. The Morgan fingerprint density at radius 2 is 2.07 bits per heavy atom. The van der Waals surface area contributed by atoms with E-state index >= 15 is 0 Å². The van der Waals surface area contributed by atoms with Crippen molar-refractivity contribution in [3.05, 3.63) is 36.2 Å². The lowest BCUT2D eigenvalue weighted by Gasteiger charge is -1.98. The fraction of sp³-hybridized carbons (Fsp3) is 0.182. The molecule has 2 aromatic rings. The van der Waals surface area contributed by atoms with Crippen LogP contribution in [0.25, 0.3) is 11.3 Å². The van der Waals surface area contributed by atoms with E-state index < -0.39 is 0 Å². The van der Waals surface area contributed by atoms with E-state index in [9.17, 15) is 5.11 Å². The Morgan fingerprint density at radius 1 is 1.27 bits per heavy atom. The molecule has 1 aromatic carbocycles. The summed E-state index contributed by atoms with van der Waals surface area (Å²) >= 11 is 1.76. The van der Waals surface area contributed by atoms with E-state index in [4.69, 9.17) is 4.42 Å². The normalized spacial score (nSPS) is 14.1. The van der Waals surface area contributed by atoms with Crippen molar-refractivity contribution in [1.29, 1.82) is 0 Å². The van der Waals surface area contributed by atoms with E-state index in [0.717, 1.165) is 23.1 Å². The molecule has 76 valence electrons. The SMILES string of the molecule is [O-]c1oc2[n+](c1-c1ccccc1)CSC2. The van der Waals surface area contributed by atoms with Gasteiger partial charge in [0.15, 0.2) is 5.88 Å². The Hall–Kier alpha value is -1.42. The van der Waals surface area contributed by atoms with Gasteiger partial charge in [-0.3, -0.25) is 0 Å². The van der Waals surface area contributed by atoms with E-state index in [1.807, 2.05) is 34.9 Å². The number of rotatable bonds is 1. The third-order valence-electron chi connectivity index (χ3n) is 2.47. The third-order valence-corrected chi connectivity index (χ3v) is 3.36. The Bertz CT molecular complexity index is 493. The first-order valence-electron chi connectivity index (χ1n) is 4.72. The highest BCUT2D eigenvalue weighted by molar-refractivity contribution is 7.97. The number of thioether (sulfide) groups is 1. The maximum absolute atomic E-state index is 11.7. The molecule has 0 spiro atoms. The van der Waals surface area contributed by atoms with Gasteiger partial charge in [0.25, 0.3) is 0 Å². The van der Waals surface area contributed by atoms with Crippen molar-refractivity contribution < 1.29 is 14.1 Å². The fourth-order valence-corrected chi connectivity index (χ4v) is 2.72. The summed E-state index contributed by atoms with van der Waals surface area (Å²) in [6.45, 7) is 0. The average molecular weight is 219 g/mol. The first kappa shape index (κ1) is 8.85. The summed E-state index contributed by atoms with van der Waals surface area (Å²) in [5, 5.41) is 11.7. The van der Waals surface area contributed by atoms with Crippen molar-refractivity contribution in [3.8, 4) is 17.2 Å². The Morgan fingerprint density at radius 3 is 2.87 bits per heavy atom. The molecule has 0 atom stereocenters. The molecule has 15 heavy (non-hydrogen) atoms. The Labute approximate surface area is 91.4 Å². The molecular weight excluding hydrogens is 210 g/mol. The van der Waals surface area contributed by atoms with Crippen molar-refractivity contribution in [1.82, 2.24) is 0 Å². The van der Waals surface area contributed by atoms with Gasteiger partial charge in [0.05, 0.1) is 5.75 Å². The monoisotopic (exact) mass is 219 g/mol. The van der Waals surface area contributed by atoms with Gasteiger partial charge in [0.1, 0.15) is 5.95 Å². The van der Waals surface area contributed by atoms with Gasteiger partial charge in [-0.15, -0.1) is 0 Å². The molecule has 2 heterocycles. The van der Waals surface area contributed by atoms with Gasteiger partial charge in [0.2, 0.25) is 11.6 Å². The molecule has 0 saturated carbocycles. The van der Waals surface area contributed by atoms with Gasteiger partial charge in [0, 0.05) is 5.56 Å². The average Bonchev–Trinajstić information content (AvgIpc) is 2.78. The molecule has 1 aliphatic rings. The number of hydrogen-bond donors (Lipinski definition) is 0. The molecule has 4 heteroatoms. The zero-order chi connectivity index (χ0) is 10.3. The molecule has 0 aliphatic carbocycles. The van der Waals surface area contributed by atoms with Gasteiger partial charge in [-0.05, 0) is 12.1 Å². The van der Waals surface area contributed by atoms with Crippen molar-refractivity contribution in [2.24, 2.45) is 0 Å². The van der Waals surface area contributed by atoms with Crippen molar-refractivity contribution in [2.75, 3.05) is 0 Å². The first-order valence-corrected chi connectivity index (χ1v) is 5.87. The summed E-state index contributed by atoms with van der Waals surface area (Å²) in [5.74, 6) is 2.16. The zero-order valence-electron chi connectivity index (χ0n) is 7.97. The number of aromatic nitrogens is 1. The van der Waals surface area contributed by atoms with Crippen LogP contribution in [0, 0.1) is 0 Å². The third kappa shape index (κ3) is 1.33. The van der Waals surface area contributed by atoms with Crippen molar-refractivity contribution in [2.45, 2.75) is 11.6 Å².